The van der Waals surface area contributed by atoms with E-state index in [1.165, 1.54) is 12.5 Å². The fraction of sp³-hybridized carbons (Fsp3) is 0.667. The maximum Gasteiger partial charge on any atom is 0.302 e. The molecule has 3 atom stereocenters. The van der Waals surface area contributed by atoms with Crippen LogP contribution in [0.3, 0.4) is 0 Å². The summed E-state index contributed by atoms with van der Waals surface area (Å²) in [5, 5.41) is 0. The second kappa shape index (κ2) is 10.3. The number of carbonyl (C=O) groups is 1. The molecule has 1 aromatic carbocycles. The van der Waals surface area contributed by atoms with Crippen LogP contribution in [0.4, 0.5) is 0 Å². The zero-order chi connectivity index (χ0) is 19.9. The van der Waals surface area contributed by atoms with Crippen LogP contribution in [0.2, 0.25) is 0 Å². The van der Waals surface area contributed by atoms with Gasteiger partial charge in [0.05, 0.1) is 11.1 Å². The van der Waals surface area contributed by atoms with Gasteiger partial charge in [0.2, 0.25) is 0 Å². The molecule has 3 unspecified atom stereocenters. The topological polar surface area (TPSA) is 44.8 Å². The zero-order valence-corrected chi connectivity index (χ0v) is 18.7. The molecule has 0 aliphatic rings. The van der Waals surface area contributed by atoms with Gasteiger partial charge in [-0.2, -0.15) is 0 Å². The Bertz CT molecular complexity index is 580. The lowest BCUT2D eigenvalue weighted by molar-refractivity contribution is -0.145. The summed E-state index contributed by atoms with van der Waals surface area (Å²) in [4.78, 5) is 10.7. The first-order chi connectivity index (χ1) is 12.1. The van der Waals surface area contributed by atoms with Crippen molar-refractivity contribution in [1.82, 2.24) is 0 Å². The lowest BCUT2D eigenvalue weighted by atomic mass is 9.69. The van der Waals surface area contributed by atoms with Crippen molar-refractivity contribution in [1.29, 1.82) is 0 Å². The molecule has 148 valence electrons. The van der Waals surface area contributed by atoms with E-state index in [4.69, 9.17) is 14.2 Å². The fourth-order valence-corrected chi connectivity index (χ4v) is 3.83. The monoisotopic (exact) mass is 428 g/mol. The molecule has 0 spiro atoms. The molecule has 1 aromatic rings. The van der Waals surface area contributed by atoms with Gasteiger partial charge in [0, 0.05) is 6.92 Å². The predicted octanol–water partition coefficient (Wildman–Crippen LogP) is 5.93. The van der Waals surface area contributed by atoms with Crippen molar-refractivity contribution in [2.24, 2.45) is 11.3 Å². The Balaban J connectivity index is 2.78. The molecule has 0 aliphatic heterocycles. The zero-order valence-electron chi connectivity index (χ0n) is 17.1. The molecule has 0 N–H and O–H groups in total. The highest BCUT2D eigenvalue weighted by Crippen LogP contribution is 2.43. The fourth-order valence-electron chi connectivity index (χ4n) is 3.34. The molecule has 4 nitrogen and oxygen atoms in total. The van der Waals surface area contributed by atoms with Crippen molar-refractivity contribution < 1.29 is 19.0 Å². The van der Waals surface area contributed by atoms with Crippen molar-refractivity contribution >= 4 is 21.9 Å². The molecule has 1 rings (SSSR count). The first-order valence-electron chi connectivity index (χ1n) is 9.27. The largest absolute Gasteiger partial charge is 0.464 e. The number of ether oxygens (including phenoxy) is 3. The van der Waals surface area contributed by atoms with E-state index in [1.807, 2.05) is 13.0 Å². The van der Waals surface area contributed by atoms with Crippen LogP contribution in [-0.4, -0.2) is 25.5 Å². The molecular weight excluding hydrogens is 396 g/mol. The standard InChI is InChI=1S/C21H33BrO4/c1-8-14(2)20(21(5,6)7)17-9-10-19(18(22)13-17)26-16(4)25-12-11-24-15(3)23/h9-10,13-14,16,20H,8,11-12H2,1-7H3. The minimum Gasteiger partial charge on any atom is -0.464 e. The van der Waals surface area contributed by atoms with E-state index in [1.54, 1.807) is 0 Å². The van der Waals surface area contributed by atoms with E-state index in [0.717, 1.165) is 16.6 Å². The smallest absolute Gasteiger partial charge is 0.302 e. The van der Waals surface area contributed by atoms with Crippen LogP contribution < -0.4 is 4.74 Å². The predicted molar refractivity (Wildman–Crippen MR) is 108 cm³/mol. The highest BCUT2D eigenvalue weighted by atomic mass is 79.9. The molecule has 0 saturated carbocycles. The van der Waals surface area contributed by atoms with Crippen LogP contribution in [0.5, 0.6) is 5.75 Å². The third kappa shape index (κ3) is 7.28. The molecule has 0 aliphatic carbocycles. The second-order valence-corrected chi connectivity index (χ2v) is 8.67. The van der Waals surface area contributed by atoms with Gasteiger partial charge in [0.15, 0.2) is 6.29 Å². The number of benzene rings is 1. The van der Waals surface area contributed by atoms with Gasteiger partial charge in [-0.1, -0.05) is 47.1 Å². The van der Waals surface area contributed by atoms with E-state index in [2.05, 4.69) is 62.7 Å². The summed E-state index contributed by atoms with van der Waals surface area (Å²) >= 11 is 3.63. The van der Waals surface area contributed by atoms with Crippen LogP contribution in [0.1, 0.15) is 66.4 Å². The molecule has 0 fully saturated rings. The minimum atomic E-state index is -0.430. The molecule has 0 bridgehead atoms. The summed E-state index contributed by atoms with van der Waals surface area (Å²) < 4.78 is 17.1. The molecule has 0 aromatic heterocycles. The summed E-state index contributed by atoms with van der Waals surface area (Å²) in [5.41, 5.74) is 1.50. The summed E-state index contributed by atoms with van der Waals surface area (Å²) in [5.74, 6) is 1.49. The van der Waals surface area contributed by atoms with Gasteiger partial charge < -0.3 is 14.2 Å². The molecule has 5 heteroatoms. The summed E-state index contributed by atoms with van der Waals surface area (Å²) in [6.45, 7) is 15.2. The summed E-state index contributed by atoms with van der Waals surface area (Å²) in [6, 6.07) is 6.29. The number of halogens is 1. The van der Waals surface area contributed by atoms with Gasteiger partial charge in [-0.05, 0) is 57.8 Å². The van der Waals surface area contributed by atoms with E-state index in [0.29, 0.717) is 18.4 Å². The Labute approximate surface area is 166 Å². The van der Waals surface area contributed by atoms with Gasteiger partial charge in [0.1, 0.15) is 12.4 Å². The third-order valence-electron chi connectivity index (χ3n) is 4.50. The lowest BCUT2D eigenvalue weighted by Gasteiger charge is -2.36. The van der Waals surface area contributed by atoms with Gasteiger partial charge in [-0.3, -0.25) is 4.79 Å². The number of hydrogen-bond donors (Lipinski definition) is 0. The van der Waals surface area contributed by atoms with E-state index >= 15 is 0 Å². The summed E-state index contributed by atoms with van der Waals surface area (Å²) in [6.07, 6.45) is 0.714. The molecule has 26 heavy (non-hydrogen) atoms. The second-order valence-electron chi connectivity index (χ2n) is 7.82. The van der Waals surface area contributed by atoms with Crippen molar-refractivity contribution in [3.63, 3.8) is 0 Å². The van der Waals surface area contributed by atoms with Crippen molar-refractivity contribution in [2.75, 3.05) is 13.2 Å². The van der Waals surface area contributed by atoms with Crippen molar-refractivity contribution in [3.05, 3.63) is 28.2 Å². The highest BCUT2D eigenvalue weighted by Gasteiger charge is 2.30. The van der Waals surface area contributed by atoms with Gasteiger partial charge >= 0.3 is 5.97 Å². The normalized spacial score (nSPS) is 15.2. The number of esters is 1. The maximum absolute atomic E-state index is 10.7. The van der Waals surface area contributed by atoms with Crippen molar-refractivity contribution in [3.8, 4) is 5.75 Å². The molecular formula is C21H33BrO4. The highest BCUT2D eigenvalue weighted by molar-refractivity contribution is 9.10. The van der Waals surface area contributed by atoms with Crippen LogP contribution in [0.15, 0.2) is 22.7 Å². The van der Waals surface area contributed by atoms with E-state index in [-0.39, 0.29) is 18.0 Å². The van der Waals surface area contributed by atoms with Crippen LogP contribution >= 0.6 is 15.9 Å². The average molecular weight is 429 g/mol. The van der Waals surface area contributed by atoms with E-state index in [9.17, 15) is 4.79 Å². The minimum absolute atomic E-state index is 0.185. The first kappa shape index (κ1) is 23.0. The van der Waals surface area contributed by atoms with Gasteiger partial charge in [-0.15, -0.1) is 0 Å². The molecule has 0 radical (unpaired) electrons. The maximum atomic E-state index is 10.7. The Hall–Kier alpha value is -1.07. The van der Waals surface area contributed by atoms with Crippen LogP contribution in [0, 0.1) is 11.3 Å². The first-order valence-corrected chi connectivity index (χ1v) is 10.1. The van der Waals surface area contributed by atoms with Crippen LogP contribution in [-0.2, 0) is 14.3 Å². The Kier molecular flexibility index (Phi) is 9.11. The van der Waals surface area contributed by atoms with Crippen LogP contribution in [0.25, 0.3) is 0 Å². The molecule has 0 heterocycles. The van der Waals surface area contributed by atoms with Gasteiger partial charge in [0.25, 0.3) is 0 Å². The number of carbonyl (C=O) groups excluding carboxylic acids is 1. The molecule has 0 saturated heterocycles. The Morgan fingerprint density at radius 2 is 1.85 bits per heavy atom. The lowest BCUT2D eigenvalue weighted by Crippen LogP contribution is -2.24. The van der Waals surface area contributed by atoms with Gasteiger partial charge in [-0.25, -0.2) is 0 Å². The molecule has 0 amide bonds. The number of hydrogen-bond acceptors (Lipinski definition) is 4. The summed E-state index contributed by atoms with van der Waals surface area (Å²) in [7, 11) is 0. The van der Waals surface area contributed by atoms with Crippen molar-refractivity contribution in [2.45, 2.75) is 67.1 Å². The third-order valence-corrected chi connectivity index (χ3v) is 5.11. The number of rotatable bonds is 9. The average Bonchev–Trinajstić information content (AvgIpc) is 2.52. The Morgan fingerprint density at radius 1 is 1.19 bits per heavy atom. The quantitative estimate of drug-likeness (QED) is 0.277. The SMILES string of the molecule is CCC(C)C(c1ccc(OC(C)OCCOC(C)=O)c(Br)c1)C(C)(C)C. The Morgan fingerprint density at radius 3 is 2.35 bits per heavy atom. The van der Waals surface area contributed by atoms with E-state index < -0.39 is 6.29 Å².